The molecule has 0 unspecified atom stereocenters. The topological polar surface area (TPSA) is 73.5 Å². The third-order valence-electron chi connectivity index (χ3n) is 4.36. The summed E-state index contributed by atoms with van der Waals surface area (Å²) in [6.45, 7) is 4.80. The first-order chi connectivity index (χ1) is 12.2. The first-order valence-corrected chi connectivity index (χ1v) is 9.36. The molecule has 1 aliphatic heterocycles. The number of carbonyl (C=O) groups is 2. The lowest BCUT2D eigenvalue weighted by atomic mass is 10.2. The Morgan fingerprint density at radius 3 is 2.52 bits per heavy atom. The Bertz CT molecular complexity index is 554. The number of hydrogen-bond acceptors (Lipinski definition) is 4. The molecule has 1 aromatic carbocycles. The van der Waals surface area contributed by atoms with E-state index in [9.17, 15) is 9.59 Å². The molecule has 3 N–H and O–H groups in total. The van der Waals surface area contributed by atoms with Crippen LogP contribution in [0.2, 0.25) is 0 Å². The van der Waals surface area contributed by atoms with Crippen LogP contribution in [0, 0.1) is 0 Å². The van der Waals surface area contributed by atoms with Crippen molar-refractivity contribution in [2.45, 2.75) is 45.4 Å². The number of amides is 3. The predicted octanol–water partition coefficient (Wildman–Crippen LogP) is 3.10. The molecule has 0 bridgehead atoms. The summed E-state index contributed by atoms with van der Waals surface area (Å²) in [5.74, 6) is -0.334. The molecular weight excluding hydrogens is 316 g/mol. The van der Waals surface area contributed by atoms with E-state index in [1.54, 1.807) is 0 Å². The first-order valence-electron chi connectivity index (χ1n) is 9.36. The smallest absolute Gasteiger partial charge is 0.321 e. The average Bonchev–Trinajstić information content (AvgIpc) is 2.90. The SMILES string of the molecule is CCCCNC(=O)NC(=O)CNc1ccccc1N1CCCCCC1. The maximum absolute atomic E-state index is 12.0. The van der Waals surface area contributed by atoms with Gasteiger partial charge in [-0.15, -0.1) is 0 Å². The van der Waals surface area contributed by atoms with Crippen molar-refractivity contribution < 1.29 is 9.59 Å². The number of hydrogen-bond donors (Lipinski definition) is 3. The molecule has 1 fully saturated rings. The van der Waals surface area contributed by atoms with Crippen molar-refractivity contribution in [2.75, 3.05) is 36.4 Å². The van der Waals surface area contributed by atoms with Crippen molar-refractivity contribution in [1.82, 2.24) is 10.6 Å². The molecule has 6 nitrogen and oxygen atoms in total. The van der Waals surface area contributed by atoms with Gasteiger partial charge in [0.25, 0.3) is 0 Å². The van der Waals surface area contributed by atoms with Gasteiger partial charge in [-0.2, -0.15) is 0 Å². The van der Waals surface area contributed by atoms with Crippen LogP contribution >= 0.6 is 0 Å². The molecule has 1 aliphatic rings. The van der Waals surface area contributed by atoms with E-state index >= 15 is 0 Å². The Balaban J connectivity index is 1.85. The van der Waals surface area contributed by atoms with Crippen LogP contribution in [0.3, 0.4) is 0 Å². The van der Waals surface area contributed by atoms with Crippen LogP contribution in [0.15, 0.2) is 24.3 Å². The highest BCUT2D eigenvalue weighted by molar-refractivity contribution is 5.96. The molecule has 0 radical (unpaired) electrons. The molecule has 1 heterocycles. The highest BCUT2D eigenvalue weighted by Gasteiger charge is 2.14. The van der Waals surface area contributed by atoms with Crippen LogP contribution < -0.4 is 20.9 Å². The summed E-state index contributed by atoms with van der Waals surface area (Å²) in [6.07, 6.45) is 6.87. The zero-order valence-corrected chi connectivity index (χ0v) is 15.1. The predicted molar refractivity (Wildman–Crippen MR) is 102 cm³/mol. The number of rotatable bonds is 7. The van der Waals surface area contributed by atoms with Crippen molar-refractivity contribution in [2.24, 2.45) is 0 Å². The quantitative estimate of drug-likeness (QED) is 0.663. The number of nitrogens with one attached hydrogen (secondary N) is 3. The minimum absolute atomic E-state index is 0.0754. The molecule has 6 heteroatoms. The Hall–Kier alpha value is -2.24. The van der Waals surface area contributed by atoms with Crippen LogP contribution in [-0.4, -0.2) is 38.1 Å². The second kappa shape index (κ2) is 10.6. The monoisotopic (exact) mass is 346 g/mol. The fourth-order valence-electron chi connectivity index (χ4n) is 2.98. The fourth-order valence-corrected chi connectivity index (χ4v) is 2.98. The molecular formula is C19H30N4O2. The van der Waals surface area contributed by atoms with Crippen LogP contribution in [0.4, 0.5) is 16.2 Å². The molecule has 0 saturated carbocycles. The maximum atomic E-state index is 12.0. The molecule has 1 aromatic rings. The van der Waals surface area contributed by atoms with E-state index in [1.807, 2.05) is 18.2 Å². The molecule has 0 spiro atoms. The van der Waals surface area contributed by atoms with Crippen LogP contribution in [0.5, 0.6) is 0 Å². The lowest BCUT2D eigenvalue weighted by Gasteiger charge is -2.25. The highest BCUT2D eigenvalue weighted by atomic mass is 16.2. The van der Waals surface area contributed by atoms with E-state index in [4.69, 9.17) is 0 Å². The largest absolute Gasteiger partial charge is 0.374 e. The van der Waals surface area contributed by atoms with Gasteiger partial charge in [0.1, 0.15) is 0 Å². The minimum atomic E-state index is -0.430. The van der Waals surface area contributed by atoms with Gasteiger partial charge in [-0.05, 0) is 31.4 Å². The number of para-hydroxylation sites is 2. The fraction of sp³-hybridized carbons (Fsp3) is 0.579. The Labute approximate surface area is 150 Å². The van der Waals surface area contributed by atoms with Gasteiger partial charge in [-0.3, -0.25) is 10.1 Å². The summed E-state index contributed by atoms with van der Waals surface area (Å²) in [5.41, 5.74) is 2.07. The number of carbonyl (C=O) groups excluding carboxylic acids is 2. The lowest BCUT2D eigenvalue weighted by molar-refractivity contribution is -0.118. The molecule has 25 heavy (non-hydrogen) atoms. The molecule has 3 amide bonds. The number of anilines is 2. The van der Waals surface area contributed by atoms with E-state index in [1.165, 1.54) is 25.7 Å². The average molecular weight is 346 g/mol. The van der Waals surface area contributed by atoms with Gasteiger partial charge in [0.15, 0.2) is 0 Å². The number of urea groups is 1. The second-order valence-corrected chi connectivity index (χ2v) is 6.43. The standard InChI is InChI=1S/C19H30N4O2/c1-2-3-12-20-19(25)22-18(24)15-21-16-10-6-7-11-17(16)23-13-8-4-5-9-14-23/h6-7,10-11,21H,2-5,8-9,12-15H2,1H3,(H2,20,22,24,25). The Kier molecular flexibility index (Phi) is 8.09. The third kappa shape index (κ3) is 6.64. The molecule has 138 valence electrons. The third-order valence-corrected chi connectivity index (χ3v) is 4.36. The van der Waals surface area contributed by atoms with E-state index in [2.05, 4.69) is 33.8 Å². The zero-order valence-electron chi connectivity index (χ0n) is 15.1. The zero-order chi connectivity index (χ0) is 17.9. The van der Waals surface area contributed by atoms with E-state index in [0.29, 0.717) is 6.54 Å². The molecule has 0 aliphatic carbocycles. The van der Waals surface area contributed by atoms with Crippen molar-refractivity contribution in [1.29, 1.82) is 0 Å². The summed E-state index contributed by atoms with van der Waals surface area (Å²) >= 11 is 0. The van der Waals surface area contributed by atoms with Gasteiger partial charge in [0.2, 0.25) is 5.91 Å². The van der Waals surface area contributed by atoms with Crippen molar-refractivity contribution in [3.05, 3.63) is 24.3 Å². The van der Waals surface area contributed by atoms with Gasteiger partial charge in [-0.1, -0.05) is 38.3 Å². The summed E-state index contributed by atoms with van der Waals surface area (Å²) in [4.78, 5) is 25.9. The first kappa shape index (κ1) is 19.1. The number of imide groups is 1. The number of benzene rings is 1. The minimum Gasteiger partial charge on any atom is -0.374 e. The summed E-state index contributed by atoms with van der Waals surface area (Å²) in [6, 6.07) is 7.62. The van der Waals surface area contributed by atoms with Gasteiger partial charge in [0.05, 0.1) is 17.9 Å². The van der Waals surface area contributed by atoms with E-state index in [-0.39, 0.29) is 12.5 Å². The van der Waals surface area contributed by atoms with E-state index in [0.717, 1.165) is 37.3 Å². The highest BCUT2D eigenvalue weighted by Crippen LogP contribution is 2.27. The molecule has 0 atom stereocenters. The van der Waals surface area contributed by atoms with Gasteiger partial charge < -0.3 is 15.5 Å². The van der Waals surface area contributed by atoms with Crippen molar-refractivity contribution in [3.8, 4) is 0 Å². The lowest BCUT2D eigenvalue weighted by Crippen LogP contribution is -2.42. The van der Waals surface area contributed by atoms with Crippen LogP contribution in [-0.2, 0) is 4.79 Å². The summed E-state index contributed by atoms with van der Waals surface area (Å²) in [5, 5.41) is 8.20. The molecule has 1 saturated heterocycles. The summed E-state index contributed by atoms with van der Waals surface area (Å²) < 4.78 is 0. The Morgan fingerprint density at radius 1 is 1.08 bits per heavy atom. The van der Waals surface area contributed by atoms with Crippen molar-refractivity contribution >= 4 is 23.3 Å². The van der Waals surface area contributed by atoms with Gasteiger partial charge in [0, 0.05) is 19.6 Å². The number of unbranched alkanes of at least 4 members (excludes halogenated alkanes) is 1. The van der Waals surface area contributed by atoms with Gasteiger partial charge >= 0.3 is 6.03 Å². The normalized spacial score (nSPS) is 14.5. The number of nitrogens with zero attached hydrogens (tertiary/aromatic N) is 1. The summed E-state index contributed by atoms with van der Waals surface area (Å²) in [7, 11) is 0. The second-order valence-electron chi connectivity index (χ2n) is 6.43. The van der Waals surface area contributed by atoms with Crippen LogP contribution in [0.1, 0.15) is 45.4 Å². The molecule has 2 rings (SSSR count). The van der Waals surface area contributed by atoms with E-state index < -0.39 is 6.03 Å². The van der Waals surface area contributed by atoms with Crippen molar-refractivity contribution in [3.63, 3.8) is 0 Å². The Morgan fingerprint density at radius 2 is 1.80 bits per heavy atom. The van der Waals surface area contributed by atoms with Crippen LogP contribution in [0.25, 0.3) is 0 Å². The van der Waals surface area contributed by atoms with Gasteiger partial charge in [-0.25, -0.2) is 4.79 Å². The maximum Gasteiger partial charge on any atom is 0.321 e. The molecule has 0 aromatic heterocycles.